The Morgan fingerprint density at radius 2 is 1.36 bits per heavy atom. The van der Waals surface area contributed by atoms with Gasteiger partial charge in [0, 0.05) is 34.2 Å². The molecule has 7 aromatic rings. The Labute approximate surface area is 276 Å². The maximum Gasteiger partial charge on any atom is 0.219 e. The lowest BCUT2D eigenvalue weighted by molar-refractivity contribution is 0.442. The van der Waals surface area contributed by atoms with Crippen molar-refractivity contribution in [3.8, 4) is 45.5 Å². The molecule has 4 aromatic carbocycles. The molecule has 0 atom stereocenters. The van der Waals surface area contributed by atoms with Crippen LogP contribution >= 0.6 is 0 Å². The van der Waals surface area contributed by atoms with E-state index in [1.165, 1.54) is 0 Å². The quantitative estimate of drug-likeness (QED) is 0.209. The molecular formula is C42H39N3O2. The summed E-state index contributed by atoms with van der Waals surface area (Å²) in [6, 6.07) is 38.9. The Morgan fingerprint density at radius 3 is 2.09 bits per heavy atom. The normalized spacial score (nSPS) is 12.1. The van der Waals surface area contributed by atoms with Gasteiger partial charge in [-0.05, 0) is 76.1 Å². The number of fused-ring (bicyclic) bond motifs is 3. The fourth-order valence-corrected chi connectivity index (χ4v) is 6.17. The Bertz CT molecular complexity index is 2240. The maximum absolute atomic E-state index is 12.0. The second-order valence-corrected chi connectivity index (χ2v) is 14.2. The van der Waals surface area contributed by atoms with Gasteiger partial charge in [-0.1, -0.05) is 102 Å². The number of hydrogen-bond acceptors (Lipinski definition) is 4. The molecule has 0 aliphatic heterocycles. The summed E-state index contributed by atoms with van der Waals surface area (Å²) >= 11 is 0. The van der Waals surface area contributed by atoms with E-state index < -0.39 is 0 Å². The summed E-state index contributed by atoms with van der Waals surface area (Å²) in [6.45, 7) is 13.1. The SMILES string of the molecule is CC(C)(C)c1cc(-n2c3ccccc3c3ccc(-c4cc(Oc5ccccn5)cc(-c5ccccc5)c4)nc32)c(O)c(C(C)(C)C)c1. The highest BCUT2D eigenvalue weighted by molar-refractivity contribution is 6.08. The maximum atomic E-state index is 12.0. The van der Waals surface area contributed by atoms with E-state index in [4.69, 9.17) is 9.72 Å². The van der Waals surface area contributed by atoms with E-state index in [1.807, 2.05) is 54.6 Å². The summed E-state index contributed by atoms with van der Waals surface area (Å²) in [5, 5.41) is 14.1. The number of para-hydroxylation sites is 1. The van der Waals surface area contributed by atoms with Crippen LogP contribution in [0, 0.1) is 0 Å². The summed E-state index contributed by atoms with van der Waals surface area (Å²) < 4.78 is 8.39. The Kier molecular flexibility index (Phi) is 7.35. The number of benzene rings is 4. The first-order valence-corrected chi connectivity index (χ1v) is 16.1. The number of aromatic hydroxyl groups is 1. The smallest absolute Gasteiger partial charge is 0.219 e. The van der Waals surface area contributed by atoms with Crippen LogP contribution in [0.5, 0.6) is 17.4 Å². The van der Waals surface area contributed by atoms with E-state index >= 15 is 0 Å². The van der Waals surface area contributed by atoms with Crippen LogP contribution in [0.15, 0.2) is 121 Å². The Morgan fingerprint density at radius 1 is 0.638 bits per heavy atom. The van der Waals surface area contributed by atoms with Crippen molar-refractivity contribution in [1.82, 2.24) is 14.5 Å². The largest absolute Gasteiger partial charge is 0.505 e. The number of ether oxygens (including phenoxy) is 1. The van der Waals surface area contributed by atoms with Gasteiger partial charge in [0.25, 0.3) is 0 Å². The molecule has 3 aromatic heterocycles. The summed E-state index contributed by atoms with van der Waals surface area (Å²) in [7, 11) is 0. The highest BCUT2D eigenvalue weighted by Gasteiger charge is 2.27. The third kappa shape index (κ3) is 5.74. The summed E-state index contributed by atoms with van der Waals surface area (Å²) in [5.41, 5.74) is 7.99. The third-order valence-electron chi connectivity index (χ3n) is 8.70. The van der Waals surface area contributed by atoms with Crippen molar-refractivity contribution in [3.05, 3.63) is 133 Å². The number of pyridine rings is 2. The van der Waals surface area contributed by atoms with Gasteiger partial charge in [0.1, 0.15) is 17.1 Å². The molecule has 7 rings (SSSR count). The first kappa shape index (κ1) is 30.2. The van der Waals surface area contributed by atoms with Crippen LogP contribution in [0.3, 0.4) is 0 Å². The molecule has 234 valence electrons. The fourth-order valence-electron chi connectivity index (χ4n) is 6.17. The minimum atomic E-state index is -0.265. The first-order valence-electron chi connectivity index (χ1n) is 16.1. The topological polar surface area (TPSA) is 60.2 Å². The molecule has 0 radical (unpaired) electrons. The van der Waals surface area contributed by atoms with Gasteiger partial charge in [-0.15, -0.1) is 0 Å². The van der Waals surface area contributed by atoms with Crippen molar-refractivity contribution in [2.75, 3.05) is 0 Å². The van der Waals surface area contributed by atoms with Crippen LogP contribution in [0.25, 0.3) is 50.0 Å². The van der Waals surface area contributed by atoms with Gasteiger partial charge >= 0.3 is 0 Å². The zero-order valence-corrected chi connectivity index (χ0v) is 27.7. The van der Waals surface area contributed by atoms with E-state index in [1.54, 1.807) is 6.20 Å². The first-order chi connectivity index (χ1) is 22.5. The second-order valence-electron chi connectivity index (χ2n) is 14.2. The fraction of sp³-hybridized carbons (Fsp3) is 0.190. The van der Waals surface area contributed by atoms with Crippen molar-refractivity contribution in [3.63, 3.8) is 0 Å². The monoisotopic (exact) mass is 617 g/mol. The molecule has 3 heterocycles. The molecule has 5 nitrogen and oxygen atoms in total. The number of aromatic nitrogens is 3. The molecule has 0 fully saturated rings. The van der Waals surface area contributed by atoms with E-state index in [0.29, 0.717) is 11.6 Å². The Hall–Kier alpha value is -5.42. The molecule has 0 amide bonds. The molecule has 0 unspecified atom stereocenters. The molecular weight excluding hydrogens is 578 g/mol. The average molecular weight is 618 g/mol. The predicted molar refractivity (Wildman–Crippen MR) is 193 cm³/mol. The zero-order chi connectivity index (χ0) is 32.9. The number of phenolic OH excluding ortho intramolecular Hbond substituents is 1. The van der Waals surface area contributed by atoms with Gasteiger partial charge in [-0.25, -0.2) is 9.97 Å². The Balaban J connectivity index is 1.49. The number of phenols is 1. The van der Waals surface area contributed by atoms with Gasteiger partial charge in [-0.3, -0.25) is 4.57 Å². The molecule has 0 spiro atoms. The van der Waals surface area contributed by atoms with E-state index in [-0.39, 0.29) is 16.6 Å². The van der Waals surface area contributed by atoms with Crippen molar-refractivity contribution >= 4 is 21.9 Å². The van der Waals surface area contributed by atoms with Gasteiger partial charge in [0.15, 0.2) is 0 Å². The molecule has 0 aliphatic carbocycles. The minimum absolute atomic E-state index is 0.123. The number of nitrogens with zero attached hydrogens (tertiary/aromatic N) is 3. The van der Waals surface area contributed by atoms with Crippen molar-refractivity contribution in [2.24, 2.45) is 0 Å². The molecule has 5 heteroatoms. The van der Waals surface area contributed by atoms with Gasteiger partial charge in [0.05, 0.1) is 16.9 Å². The summed E-state index contributed by atoms with van der Waals surface area (Å²) in [6.07, 6.45) is 1.72. The number of rotatable bonds is 5. The van der Waals surface area contributed by atoms with E-state index in [9.17, 15) is 5.11 Å². The van der Waals surface area contributed by atoms with Crippen LogP contribution in [0.4, 0.5) is 0 Å². The number of hydrogen-bond donors (Lipinski definition) is 1. The summed E-state index contributed by atoms with van der Waals surface area (Å²) in [5.74, 6) is 1.47. The van der Waals surface area contributed by atoms with Crippen LogP contribution in [-0.4, -0.2) is 19.6 Å². The summed E-state index contributed by atoms with van der Waals surface area (Å²) in [4.78, 5) is 9.73. The standard InChI is InChI=1S/C42H39N3O2/c1-41(2,3)30-25-34(42(4,5)6)39(46)37(26-30)45-36-17-11-10-16-32(36)33-19-20-35(44-40(33)45)29-22-28(27-14-8-7-9-15-27)23-31(24-29)47-38-18-12-13-21-43-38/h7-26,46H,1-6H3. The van der Waals surface area contributed by atoms with Gasteiger partial charge < -0.3 is 9.84 Å². The average Bonchev–Trinajstić information content (AvgIpc) is 3.38. The van der Waals surface area contributed by atoms with Crippen molar-refractivity contribution in [2.45, 2.75) is 52.4 Å². The van der Waals surface area contributed by atoms with Crippen LogP contribution in [0.1, 0.15) is 52.7 Å². The predicted octanol–water partition coefficient (Wildman–Crippen LogP) is 11.0. The van der Waals surface area contributed by atoms with Crippen molar-refractivity contribution < 1.29 is 9.84 Å². The molecule has 0 saturated heterocycles. The highest BCUT2D eigenvalue weighted by Crippen LogP contribution is 2.43. The molecule has 0 bridgehead atoms. The van der Waals surface area contributed by atoms with Gasteiger partial charge in [0.2, 0.25) is 5.88 Å². The molecule has 0 saturated carbocycles. The minimum Gasteiger partial charge on any atom is -0.505 e. The molecule has 0 aliphatic rings. The zero-order valence-electron chi connectivity index (χ0n) is 27.7. The lowest BCUT2D eigenvalue weighted by Gasteiger charge is -2.28. The lowest BCUT2D eigenvalue weighted by Crippen LogP contribution is -2.18. The van der Waals surface area contributed by atoms with Crippen LogP contribution in [-0.2, 0) is 10.8 Å². The second kappa shape index (κ2) is 11.4. The molecule has 1 N–H and O–H groups in total. The van der Waals surface area contributed by atoms with Gasteiger partial charge in [-0.2, -0.15) is 0 Å². The molecule has 47 heavy (non-hydrogen) atoms. The van der Waals surface area contributed by atoms with Crippen molar-refractivity contribution in [1.29, 1.82) is 0 Å². The van der Waals surface area contributed by atoms with Crippen LogP contribution in [0.2, 0.25) is 0 Å². The van der Waals surface area contributed by atoms with Crippen LogP contribution < -0.4 is 4.74 Å². The lowest BCUT2D eigenvalue weighted by atomic mass is 9.79. The third-order valence-corrected chi connectivity index (χ3v) is 8.70. The van der Waals surface area contributed by atoms with E-state index in [2.05, 4.69) is 112 Å². The van der Waals surface area contributed by atoms with E-state index in [0.717, 1.165) is 61.1 Å². The highest BCUT2D eigenvalue weighted by atomic mass is 16.5.